The molecule has 0 radical (unpaired) electrons. The number of carboxylic acids is 1. The van der Waals surface area contributed by atoms with Crippen LogP contribution >= 0.6 is 0 Å². The molecule has 1 heterocycles. The number of rotatable bonds is 5. The molecule has 1 rings (SSSR count). The molecule has 2 unspecified atom stereocenters. The third kappa shape index (κ3) is 4.19. The first-order chi connectivity index (χ1) is 8.99. The van der Waals surface area contributed by atoms with Gasteiger partial charge in [-0.2, -0.15) is 5.26 Å². The first-order valence-corrected chi connectivity index (χ1v) is 6.27. The maximum atomic E-state index is 11.5. The van der Waals surface area contributed by atoms with E-state index in [-0.39, 0.29) is 18.5 Å². The van der Waals surface area contributed by atoms with Crippen molar-refractivity contribution in [1.82, 2.24) is 9.96 Å². The van der Waals surface area contributed by atoms with E-state index in [1.165, 1.54) is 12.0 Å². The van der Waals surface area contributed by atoms with E-state index in [4.69, 9.17) is 15.2 Å². The molecule has 2 atom stereocenters. The highest BCUT2D eigenvalue weighted by atomic mass is 16.7. The summed E-state index contributed by atoms with van der Waals surface area (Å²) in [5.74, 6) is -1.19. The molecule has 1 aliphatic rings. The van der Waals surface area contributed by atoms with Gasteiger partial charge in [-0.3, -0.25) is 19.3 Å². The number of hydrogen-bond acceptors (Lipinski definition) is 5. The van der Waals surface area contributed by atoms with Crippen molar-refractivity contribution >= 4 is 11.9 Å². The van der Waals surface area contributed by atoms with Crippen LogP contribution in [0, 0.1) is 11.3 Å². The zero-order valence-electron chi connectivity index (χ0n) is 11.2. The fourth-order valence-corrected chi connectivity index (χ4v) is 2.30. The molecule has 7 heteroatoms. The van der Waals surface area contributed by atoms with Gasteiger partial charge in [-0.1, -0.05) is 0 Å². The van der Waals surface area contributed by atoms with E-state index < -0.39 is 12.0 Å². The lowest BCUT2D eigenvalue weighted by Gasteiger charge is -2.39. The number of nitriles is 1. The number of carbonyl (C=O) groups excluding carboxylic acids is 1. The number of amides is 1. The third-order valence-electron chi connectivity index (χ3n) is 3.06. The van der Waals surface area contributed by atoms with Crippen molar-refractivity contribution in [2.24, 2.45) is 0 Å². The maximum Gasteiger partial charge on any atom is 0.317 e. The molecule has 0 spiro atoms. The van der Waals surface area contributed by atoms with Gasteiger partial charge in [0.05, 0.1) is 31.3 Å². The molecule has 1 fully saturated rings. The zero-order valence-corrected chi connectivity index (χ0v) is 11.2. The highest BCUT2D eigenvalue weighted by Gasteiger charge is 2.34. The summed E-state index contributed by atoms with van der Waals surface area (Å²) in [4.78, 5) is 29.2. The van der Waals surface area contributed by atoms with E-state index in [1.807, 2.05) is 0 Å². The minimum atomic E-state index is -0.980. The summed E-state index contributed by atoms with van der Waals surface area (Å²) >= 11 is 0. The van der Waals surface area contributed by atoms with Gasteiger partial charge < -0.3 is 5.11 Å². The lowest BCUT2D eigenvalue weighted by molar-refractivity contribution is -0.202. The lowest BCUT2D eigenvalue weighted by Crippen LogP contribution is -2.53. The summed E-state index contributed by atoms with van der Waals surface area (Å²) in [5, 5.41) is 19.2. The minimum absolute atomic E-state index is 0.202. The summed E-state index contributed by atoms with van der Waals surface area (Å²) in [7, 11) is 0. The van der Waals surface area contributed by atoms with Gasteiger partial charge in [-0.25, -0.2) is 5.06 Å². The number of piperidine rings is 1. The van der Waals surface area contributed by atoms with E-state index in [2.05, 4.69) is 6.07 Å². The van der Waals surface area contributed by atoms with Gasteiger partial charge in [0.25, 0.3) is 0 Å². The van der Waals surface area contributed by atoms with Crippen LogP contribution < -0.4 is 0 Å². The summed E-state index contributed by atoms with van der Waals surface area (Å²) in [6.07, 6.45) is 1.17. The topological polar surface area (TPSA) is 93.9 Å². The molecular weight excluding hydrogens is 250 g/mol. The van der Waals surface area contributed by atoms with Crippen molar-refractivity contribution in [2.75, 3.05) is 19.7 Å². The number of carbonyl (C=O) groups is 2. The summed E-state index contributed by atoms with van der Waals surface area (Å²) in [6.45, 7) is 3.70. The molecule has 1 aliphatic heterocycles. The summed E-state index contributed by atoms with van der Waals surface area (Å²) in [6, 6.07) is 1.48. The molecule has 1 N–H and O–H groups in total. The normalized spacial score (nSPS) is 23.6. The third-order valence-corrected chi connectivity index (χ3v) is 3.06. The lowest BCUT2D eigenvalue weighted by atomic mass is 9.98. The van der Waals surface area contributed by atoms with Gasteiger partial charge in [-0.05, 0) is 19.8 Å². The predicted molar refractivity (Wildman–Crippen MR) is 65.8 cm³/mol. The van der Waals surface area contributed by atoms with Crippen LogP contribution in [-0.2, 0) is 14.4 Å². The van der Waals surface area contributed by atoms with Gasteiger partial charge in [0.1, 0.15) is 0 Å². The van der Waals surface area contributed by atoms with Gasteiger partial charge in [0.2, 0.25) is 5.91 Å². The van der Waals surface area contributed by atoms with E-state index in [0.29, 0.717) is 26.0 Å². The Morgan fingerprint density at radius 1 is 1.53 bits per heavy atom. The second kappa shape index (κ2) is 7.07. The minimum Gasteiger partial charge on any atom is -0.480 e. The highest BCUT2D eigenvalue weighted by molar-refractivity contribution is 5.72. The number of hydrogen-bond donors (Lipinski definition) is 1. The SMILES string of the molecule is CCON(C(C)=O)C1CCC(C#N)N(CC(=O)O)C1. The fourth-order valence-electron chi connectivity index (χ4n) is 2.30. The standard InChI is InChI=1S/C12H19N3O4/c1-3-19-15(9(2)16)11-5-4-10(6-13)14(7-11)8-12(17)18/h10-11H,3-5,7-8H2,1-2H3,(H,17,18). The largest absolute Gasteiger partial charge is 0.480 e. The van der Waals surface area contributed by atoms with Crippen molar-refractivity contribution in [2.45, 2.75) is 38.8 Å². The quantitative estimate of drug-likeness (QED) is 0.718. The van der Waals surface area contributed by atoms with E-state index in [1.54, 1.807) is 11.8 Å². The van der Waals surface area contributed by atoms with E-state index in [9.17, 15) is 9.59 Å². The average molecular weight is 269 g/mol. The molecule has 19 heavy (non-hydrogen) atoms. The van der Waals surface area contributed by atoms with Crippen LogP contribution in [0.1, 0.15) is 26.7 Å². The first kappa shape index (κ1) is 15.4. The van der Waals surface area contributed by atoms with Crippen molar-refractivity contribution in [3.63, 3.8) is 0 Å². The van der Waals surface area contributed by atoms with Crippen molar-refractivity contribution in [1.29, 1.82) is 5.26 Å². The van der Waals surface area contributed by atoms with Crippen molar-refractivity contribution in [3.8, 4) is 6.07 Å². The molecule has 0 saturated carbocycles. The Morgan fingerprint density at radius 2 is 2.21 bits per heavy atom. The highest BCUT2D eigenvalue weighted by Crippen LogP contribution is 2.21. The smallest absolute Gasteiger partial charge is 0.317 e. The molecule has 0 bridgehead atoms. The Labute approximate surface area is 112 Å². The van der Waals surface area contributed by atoms with Crippen LogP contribution in [0.4, 0.5) is 0 Å². The molecule has 0 aromatic heterocycles. The summed E-state index contributed by atoms with van der Waals surface area (Å²) < 4.78 is 0. The van der Waals surface area contributed by atoms with Gasteiger partial charge in [0.15, 0.2) is 0 Å². The Balaban J connectivity index is 2.75. The predicted octanol–water partition coefficient (Wildman–Crippen LogP) is 0.228. The number of carboxylic acid groups (broad SMARTS) is 1. The molecular formula is C12H19N3O4. The van der Waals surface area contributed by atoms with E-state index >= 15 is 0 Å². The Morgan fingerprint density at radius 3 is 2.68 bits per heavy atom. The molecule has 1 saturated heterocycles. The fraction of sp³-hybridized carbons (Fsp3) is 0.750. The van der Waals surface area contributed by atoms with Crippen LogP contribution in [-0.4, -0.2) is 58.7 Å². The Kier molecular flexibility index (Phi) is 5.73. The zero-order chi connectivity index (χ0) is 14.4. The van der Waals surface area contributed by atoms with Crippen molar-refractivity contribution < 1.29 is 19.5 Å². The molecule has 0 aliphatic carbocycles. The van der Waals surface area contributed by atoms with Crippen LogP contribution in [0.15, 0.2) is 0 Å². The number of nitrogens with zero attached hydrogens (tertiary/aromatic N) is 3. The molecule has 106 valence electrons. The number of likely N-dealkylation sites (tertiary alicyclic amines) is 1. The molecule has 7 nitrogen and oxygen atoms in total. The molecule has 0 aromatic carbocycles. The Hall–Kier alpha value is -1.65. The number of aliphatic carboxylic acids is 1. The van der Waals surface area contributed by atoms with Crippen LogP contribution in [0.25, 0.3) is 0 Å². The van der Waals surface area contributed by atoms with Crippen LogP contribution in [0.3, 0.4) is 0 Å². The van der Waals surface area contributed by atoms with Gasteiger partial charge in [0, 0.05) is 13.5 Å². The second-order valence-corrected chi connectivity index (χ2v) is 4.46. The average Bonchev–Trinajstić information content (AvgIpc) is 2.34. The van der Waals surface area contributed by atoms with Gasteiger partial charge in [-0.15, -0.1) is 0 Å². The molecule has 1 amide bonds. The van der Waals surface area contributed by atoms with Crippen LogP contribution in [0.5, 0.6) is 0 Å². The van der Waals surface area contributed by atoms with Crippen molar-refractivity contribution in [3.05, 3.63) is 0 Å². The number of hydroxylamine groups is 2. The summed E-state index contributed by atoms with van der Waals surface area (Å²) in [5.41, 5.74) is 0. The van der Waals surface area contributed by atoms with Gasteiger partial charge >= 0.3 is 5.97 Å². The van der Waals surface area contributed by atoms with Crippen LogP contribution in [0.2, 0.25) is 0 Å². The Bertz CT molecular complexity index is 380. The van der Waals surface area contributed by atoms with E-state index in [0.717, 1.165) is 0 Å². The second-order valence-electron chi connectivity index (χ2n) is 4.46. The monoisotopic (exact) mass is 269 g/mol. The molecule has 0 aromatic rings. The first-order valence-electron chi connectivity index (χ1n) is 6.27. The maximum absolute atomic E-state index is 11.5.